The van der Waals surface area contributed by atoms with Crippen LogP contribution in [0.5, 0.6) is 0 Å². The normalized spacial score (nSPS) is 19.7. The fourth-order valence-corrected chi connectivity index (χ4v) is 11.3. The minimum absolute atomic E-state index is 0.0193. The van der Waals surface area contributed by atoms with Crippen LogP contribution in [0.3, 0.4) is 0 Å². The zero-order valence-electron chi connectivity index (χ0n) is 38.1. The summed E-state index contributed by atoms with van der Waals surface area (Å²) in [7, 11) is -3.07. The van der Waals surface area contributed by atoms with Gasteiger partial charge >= 0.3 is 0 Å². The van der Waals surface area contributed by atoms with Crippen LogP contribution in [-0.2, 0) is 51.4 Å². The van der Waals surface area contributed by atoms with Crippen LogP contribution in [0.15, 0.2) is 59.4 Å². The number of piperidine rings is 1. The number of rotatable bonds is 18. The van der Waals surface area contributed by atoms with Crippen molar-refractivity contribution in [3.8, 4) is 11.4 Å². The van der Waals surface area contributed by atoms with Crippen molar-refractivity contribution in [3.63, 3.8) is 0 Å². The fraction of sp³-hybridized carbons (Fsp3) is 0.468. The quantitative estimate of drug-likeness (QED) is 0.0784. The maximum Gasteiger partial charge on any atom is 0.264 e. The molecule has 1 saturated carbocycles. The lowest BCUT2D eigenvalue weighted by Crippen LogP contribution is -2.54. The first-order valence-electron chi connectivity index (χ1n) is 23.3. The molecule has 0 bridgehead atoms. The second kappa shape index (κ2) is 19.5. The highest BCUT2D eigenvalue weighted by Crippen LogP contribution is 2.53. The van der Waals surface area contributed by atoms with Crippen LogP contribution in [0.1, 0.15) is 116 Å². The van der Waals surface area contributed by atoms with Gasteiger partial charge in [-0.15, -0.1) is 5.10 Å². The molecule has 5 aromatic rings. The maximum absolute atomic E-state index is 14.5. The monoisotopic (exact) mass is 946 g/mol. The molecule has 3 N–H and O–H groups in total. The number of nitrogens with one attached hydrogen (secondary N) is 3. The van der Waals surface area contributed by atoms with E-state index >= 15 is 0 Å². The van der Waals surface area contributed by atoms with E-state index in [0.29, 0.717) is 80.7 Å². The number of pyridine rings is 1. The number of H-pyrrole nitrogens is 1. The van der Waals surface area contributed by atoms with Gasteiger partial charge in [0.15, 0.2) is 5.82 Å². The van der Waals surface area contributed by atoms with Crippen LogP contribution in [0.25, 0.3) is 22.4 Å². The molecule has 356 valence electrons. The number of hydrogen-bond donors (Lipinski definition) is 3. The Hall–Kier alpha value is -6.74. The van der Waals surface area contributed by atoms with Gasteiger partial charge in [0.25, 0.3) is 17.7 Å². The van der Waals surface area contributed by atoms with Gasteiger partial charge in [-0.05, 0) is 63.3 Å². The highest BCUT2D eigenvalue weighted by atomic mass is 32.2. The molecular formula is C47H54N12O8S. The number of carbonyl (C=O) groups is 6. The molecule has 3 fully saturated rings. The first-order valence-corrected chi connectivity index (χ1v) is 25.2. The van der Waals surface area contributed by atoms with Crippen molar-refractivity contribution >= 4 is 67.7 Å². The number of anilines is 2. The Labute approximate surface area is 392 Å². The van der Waals surface area contributed by atoms with E-state index in [2.05, 4.69) is 47.1 Å². The van der Waals surface area contributed by atoms with Gasteiger partial charge in [-0.3, -0.25) is 43.7 Å². The predicted molar refractivity (Wildman–Crippen MR) is 250 cm³/mol. The highest BCUT2D eigenvalue weighted by Gasteiger charge is 2.54. The summed E-state index contributed by atoms with van der Waals surface area (Å²) in [5, 5.41) is 14.3. The number of fused-ring (bicyclic) bond motifs is 2. The van der Waals surface area contributed by atoms with Crippen LogP contribution >= 0.6 is 0 Å². The highest BCUT2D eigenvalue weighted by molar-refractivity contribution is 7.94. The lowest BCUT2D eigenvalue weighted by Gasteiger charge is -2.35. The standard InChI is InChI=1S/C47H54N12O8S/c1-29-28-67-25-24-58(29)37-26-36(51-43(52-37)32-18-22-49-42-31(32)17-21-48-42)47(19-20-47)68(2,66)55-40(62)15-13-30-27-57(56-54-30)23-8-6-4-3-5-7-12-38(60)50-34-11-9-10-33-41(34)46(65)59(45(33)64)35-14-16-39(61)53-44(35)63/h9-11,17-18,21-22,26-27,29,35H,3-8,12-16,19-20,23-25,28H2,1-2H3,(H,48,49)(H,50,60)(H,53,61,63)/t29-,35?,68-/m1/s1. The number of aromatic nitrogens is 7. The van der Waals surface area contributed by atoms with Gasteiger partial charge in [-0.25, -0.2) is 19.2 Å². The summed E-state index contributed by atoms with van der Waals surface area (Å²) in [6, 6.07) is 9.33. The number of nitrogens with zero attached hydrogens (tertiary/aromatic N) is 9. The Balaban J connectivity index is 0.722. The number of ether oxygens (including phenoxy) is 1. The van der Waals surface area contributed by atoms with Gasteiger partial charge in [0.2, 0.25) is 17.7 Å². The van der Waals surface area contributed by atoms with E-state index in [4.69, 9.17) is 14.7 Å². The van der Waals surface area contributed by atoms with Crippen molar-refractivity contribution in [1.29, 1.82) is 0 Å². The number of aromatic amines is 1. The molecule has 1 unspecified atom stereocenters. The third-order valence-corrected chi connectivity index (χ3v) is 15.8. The molecule has 1 aromatic carbocycles. The zero-order valence-corrected chi connectivity index (χ0v) is 38.9. The number of carbonyl (C=O) groups excluding carboxylic acids is 6. The SMILES string of the molecule is C[C@@H]1COCCN1c1cc(C2([S@@](C)(=O)=NC(=O)CCc3cn(CCCCCCCCC(=O)Nc4cccc5c4C(=O)N(C4CCC(=O)NC4=O)C5=O)nn3)CC2)nc(-c2ccnc3[nH]ccc23)n1. The lowest BCUT2D eigenvalue weighted by atomic mass is 10.0. The average molecular weight is 947 g/mol. The van der Waals surface area contributed by atoms with E-state index in [1.165, 1.54) is 6.07 Å². The van der Waals surface area contributed by atoms with Crippen molar-refractivity contribution in [2.45, 2.75) is 114 Å². The summed E-state index contributed by atoms with van der Waals surface area (Å²) in [5.74, 6) is -1.97. The smallest absolute Gasteiger partial charge is 0.264 e. The third-order valence-electron chi connectivity index (χ3n) is 13.2. The molecule has 1 aliphatic carbocycles. The molecule has 9 rings (SSSR count). The Morgan fingerprint density at radius 3 is 2.59 bits per heavy atom. The first kappa shape index (κ1) is 46.4. The van der Waals surface area contributed by atoms with E-state index in [1.807, 2.05) is 30.6 Å². The predicted octanol–water partition coefficient (Wildman–Crippen LogP) is 4.85. The maximum atomic E-state index is 14.5. The van der Waals surface area contributed by atoms with Crippen molar-refractivity contribution in [2.24, 2.45) is 4.36 Å². The number of amides is 6. The van der Waals surface area contributed by atoms with Gasteiger partial charge in [0.1, 0.15) is 17.5 Å². The molecular weight excluding hydrogens is 893 g/mol. The number of aryl methyl sites for hydroxylation is 2. The van der Waals surface area contributed by atoms with Gasteiger partial charge in [0.05, 0.1) is 61.9 Å². The summed E-state index contributed by atoms with van der Waals surface area (Å²) < 4.78 is 25.5. The van der Waals surface area contributed by atoms with E-state index in [-0.39, 0.29) is 54.4 Å². The number of hydrogen-bond acceptors (Lipinski definition) is 14. The first-order chi connectivity index (χ1) is 32.8. The molecule has 68 heavy (non-hydrogen) atoms. The molecule has 4 aromatic heterocycles. The molecule has 0 spiro atoms. The molecule has 3 aliphatic heterocycles. The summed E-state index contributed by atoms with van der Waals surface area (Å²) >= 11 is 0. The van der Waals surface area contributed by atoms with Crippen LogP contribution in [-0.4, -0.2) is 118 Å². The Kier molecular flexibility index (Phi) is 13.3. The average Bonchev–Trinajstić information content (AvgIpc) is 3.67. The molecule has 3 atom stereocenters. The van der Waals surface area contributed by atoms with E-state index in [1.54, 1.807) is 29.3 Å². The van der Waals surface area contributed by atoms with E-state index < -0.39 is 50.1 Å². The third kappa shape index (κ3) is 9.53. The summed E-state index contributed by atoms with van der Waals surface area (Å²) in [5.41, 5.74) is 3.15. The summed E-state index contributed by atoms with van der Waals surface area (Å²) in [6.45, 7) is 4.51. The van der Waals surface area contributed by atoms with Gasteiger partial charge in [0, 0.05) is 80.6 Å². The molecule has 4 aliphatic rings. The molecule has 0 radical (unpaired) electrons. The summed E-state index contributed by atoms with van der Waals surface area (Å²) in [6.07, 6.45) is 13.9. The Morgan fingerprint density at radius 2 is 1.79 bits per heavy atom. The molecule has 6 amide bonds. The molecule has 20 nitrogen and oxygen atoms in total. The zero-order chi connectivity index (χ0) is 47.6. The van der Waals surface area contributed by atoms with Gasteiger partial charge in [-0.1, -0.05) is 37.0 Å². The number of imide groups is 2. The van der Waals surface area contributed by atoms with Crippen LogP contribution in [0.4, 0.5) is 11.5 Å². The Bertz CT molecular complexity index is 2940. The second-order valence-electron chi connectivity index (χ2n) is 18.0. The molecule has 21 heteroatoms. The van der Waals surface area contributed by atoms with Crippen LogP contribution in [0.2, 0.25) is 0 Å². The van der Waals surface area contributed by atoms with E-state index in [9.17, 15) is 33.0 Å². The van der Waals surface area contributed by atoms with Crippen molar-refractivity contribution in [3.05, 3.63) is 77.5 Å². The summed E-state index contributed by atoms with van der Waals surface area (Å²) in [4.78, 5) is 97.4. The van der Waals surface area contributed by atoms with Gasteiger partial charge in [-0.2, -0.15) is 4.36 Å². The topological polar surface area (TPSA) is 257 Å². The second-order valence-corrected chi connectivity index (χ2v) is 20.6. The van der Waals surface area contributed by atoms with Gasteiger partial charge < -0.3 is 19.9 Å². The minimum Gasteiger partial charge on any atom is -0.377 e. The molecule has 2 saturated heterocycles. The van der Waals surface area contributed by atoms with Crippen LogP contribution in [0, 0.1) is 0 Å². The fourth-order valence-electron chi connectivity index (χ4n) is 9.32. The van der Waals surface area contributed by atoms with Crippen molar-refractivity contribution in [1.82, 2.24) is 45.1 Å². The van der Waals surface area contributed by atoms with Crippen molar-refractivity contribution in [2.75, 3.05) is 36.2 Å². The number of unbranched alkanes of at least 4 members (excludes halogenated alkanes) is 5. The lowest BCUT2D eigenvalue weighted by molar-refractivity contribution is -0.136. The number of morpholine rings is 1. The number of benzene rings is 1. The largest absolute Gasteiger partial charge is 0.377 e. The van der Waals surface area contributed by atoms with Crippen molar-refractivity contribution < 1.29 is 37.7 Å². The molecule has 7 heterocycles. The minimum atomic E-state index is -3.07. The Morgan fingerprint density at radius 1 is 0.985 bits per heavy atom. The van der Waals surface area contributed by atoms with Crippen LogP contribution < -0.4 is 15.5 Å². The van der Waals surface area contributed by atoms with E-state index in [0.717, 1.165) is 48.0 Å².